The minimum Gasteiger partial charge on any atom is -0.297 e. The van der Waals surface area contributed by atoms with Gasteiger partial charge in [-0.2, -0.15) is 0 Å². The van der Waals surface area contributed by atoms with Crippen LogP contribution in [0.25, 0.3) is 0 Å². The summed E-state index contributed by atoms with van der Waals surface area (Å²) in [5, 5.41) is 0. The van der Waals surface area contributed by atoms with Crippen LogP contribution < -0.4 is 0 Å². The fourth-order valence-corrected chi connectivity index (χ4v) is 2.73. The molecule has 2 heterocycles. The summed E-state index contributed by atoms with van der Waals surface area (Å²) >= 11 is 0. The predicted octanol–water partition coefficient (Wildman–Crippen LogP) is 2.07. The van der Waals surface area contributed by atoms with Crippen molar-refractivity contribution < 1.29 is 0 Å². The van der Waals surface area contributed by atoms with Gasteiger partial charge in [0.15, 0.2) is 0 Å². The van der Waals surface area contributed by atoms with E-state index < -0.39 is 0 Å². The minimum absolute atomic E-state index is 0.710. The van der Waals surface area contributed by atoms with Crippen molar-refractivity contribution in [3.8, 4) is 0 Å². The van der Waals surface area contributed by atoms with Crippen molar-refractivity contribution in [1.29, 1.82) is 0 Å². The first-order valence-corrected chi connectivity index (χ1v) is 5.15. The number of fused-ring (bicyclic) bond motifs is 2. The first-order chi connectivity index (χ1) is 6.43. The Morgan fingerprint density at radius 1 is 1.38 bits per heavy atom. The molecule has 1 fully saturated rings. The van der Waals surface area contributed by atoms with Gasteiger partial charge in [-0.1, -0.05) is 6.08 Å². The summed E-state index contributed by atoms with van der Waals surface area (Å²) in [6, 6.07) is 0. The molecule has 0 spiro atoms. The van der Waals surface area contributed by atoms with Crippen LogP contribution in [0.4, 0.5) is 0 Å². The molecule has 3 unspecified atom stereocenters. The van der Waals surface area contributed by atoms with Crippen LogP contribution in [0.3, 0.4) is 0 Å². The molecular formula is C11H14N2. The van der Waals surface area contributed by atoms with E-state index in [1.807, 2.05) is 6.20 Å². The lowest BCUT2D eigenvalue weighted by Gasteiger charge is -2.32. The molecular weight excluding hydrogens is 160 g/mol. The monoisotopic (exact) mass is 174 g/mol. The number of rotatable bonds is 0. The average Bonchev–Trinajstić information content (AvgIpc) is 2.61. The standard InChI is InChI=1S/C11H14N2/c1-2-8-4-9-6-12-7-10(9)5-11(8)13-3-1/h1,3,7-10H,2,4-6H2. The molecule has 0 aromatic heterocycles. The van der Waals surface area contributed by atoms with Gasteiger partial charge in [0.05, 0.1) is 0 Å². The second kappa shape index (κ2) is 2.79. The van der Waals surface area contributed by atoms with Gasteiger partial charge in [0.1, 0.15) is 0 Å². The zero-order valence-corrected chi connectivity index (χ0v) is 7.69. The van der Waals surface area contributed by atoms with E-state index in [1.54, 1.807) is 0 Å². The highest BCUT2D eigenvalue weighted by Gasteiger charge is 2.35. The van der Waals surface area contributed by atoms with Crippen molar-refractivity contribution >= 4 is 11.9 Å². The third-order valence-electron chi connectivity index (χ3n) is 3.51. The van der Waals surface area contributed by atoms with Gasteiger partial charge in [-0.25, -0.2) is 0 Å². The molecule has 3 aliphatic rings. The highest BCUT2D eigenvalue weighted by atomic mass is 14.8. The van der Waals surface area contributed by atoms with Gasteiger partial charge in [0.25, 0.3) is 0 Å². The Hall–Kier alpha value is -0.920. The van der Waals surface area contributed by atoms with Gasteiger partial charge >= 0.3 is 0 Å². The lowest BCUT2D eigenvalue weighted by atomic mass is 9.73. The quantitative estimate of drug-likeness (QED) is 0.537. The van der Waals surface area contributed by atoms with Crippen LogP contribution >= 0.6 is 0 Å². The molecule has 0 aromatic carbocycles. The number of aliphatic imine (C=N–C) groups is 2. The molecule has 3 atom stereocenters. The molecule has 2 nitrogen and oxygen atoms in total. The number of allylic oxidation sites excluding steroid dienone is 1. The Bertz CT molecular complexity index is 301. The molecule has 68 valence electrons. The molecule has 2 aliphatic heterocycles. The molecule has 0 saturated heterocycles. The molecule has 2 heteroatoms. The van der Waals surface area contributed by atoms with Crippen LogP contribution in [-0.2, 0) is 0 Å². The normalized spacial score (nSPS) is 41.2. The predicted molar refractivity (Wildman–Crippen MR) is 54.3 cm³/mol. The second-order valence-corrected chi connectivity index (χ2v) is 4.32. The van der Waals surface area contributed by atoms with Crippen molar-refractivity contribution in [2.75, 3.05) is 6.54 Å². The molecule has 0 bridgehead atoms. The fraction of sp³-hybridized carbons (Fsp3) is 0.636. The van der Waals surface area contributed by atoms with Crippen LogP contribution in [0.1, 0.15) is 19.3 Å². The highest BCUT2D eigenvalue weighted by molar-refractivity contribution is 5.91. The first kappa shape index (κ1) is 7.48. The van der Waals surface area contributed by atoms with Crippen molar-refractivity contribution in [2.45, 2.75) is 19.3 Å². The van der Waals surface area contributed by atoms with Gasteiger partial charge in [0, 0.05) is 36.5 Å². The maximum atomic E-state index is 4.49. The van der Waals surface area contributed by atoms with Gasteiger partial charge in [-0.15, -0.1) is 0 Å². The first-order valence-electron chi connectivity index (χ1n) is 5.15. The second-order valence-electron chi connectivity index (χ2n) is 4.32. The zero-order chi connectivity index (χ0) is 8.67. The lowest BCUT2D eigenvalue weighted by molar-refractivity contribution is 0.356. The van der Waals surface area contributed by atoms with Crippen LogP contribution in [-0.4, -0.2) is 18.5 Å². The third kappa shape index (κ3) is 1.16. The molecule has 0 radical (unpaired) electrons. The molecule has 0 aromatic rings. The summed E-state index contributed by atoms with van der Waals surface area (Å²) in [6.07, 6.45) is 10.0. The summed E-state index contributed by atoms with van der Waals surface area (Å²) in [7, 11) is 0. The topological polar surface area (TPSA) is 24.7 Å². The number of hydrogen-bond acceptors (Lipinski definition) is 2. The SMILES string of the molecule is C1=CN=C2CC3C=NCC3CC2C1. The van der Waals surface area contributed by atoms with Crippen LogP contribution in [0.2, 0.25) is 0 Å². The maximum absolute atomic E-state index is 4.49. The van der Waals surface area contributed by atoms with Gasteiger partial charge in [-0.05, 0) is 25.2 Å². The lowest BCUT2D eigenvalue weighted by Crippen LogP contribution is -2.32. The zero-order valence-electron chi connectivity index (χ0n) is 7.69. The minimum atomic E-state index is 0.710. The largest absolute Gasteiger partial charge is 0.297 e. The summed E-state index contributed by atoms with van der Waals surface area (Å²) in [5.41, 5.74) is 1.43. The summed E-state index contributed by atoms with van der Waals surface area (Å²) in [6.45, 7) is 1.07. The summed E-state index contributed by atoms with van der Waals surface area (Å²) in [4.78, 5) is 8.87. The molecule has 0 N–H and O–H groups in total. The Morgan fingerprint density at radius 2 is 2.38 bits per heavy atom. The molecule has 0 amide bonds. The third-order valence-corrected chi connectivity index (χ3v) is 3.51. The fourth-order valence-electron chi connectivity index (χ4n) is 2.73. The molecule has 13 heavy (non-hydrogen) atoms. The van der Waals surface area contributed by atoms with E-state index in [9.17, 15) is 0 Å². The van der Waals surface area contributed by atoms with E-state index in [4.69, 9.17) is 0 Å². The van der Waals surface area contributed by atoms with Crippen molar-refractivity contribution in [2.24, 2.45) is 27.7 Å². The maximum Gasteiger partial charge on any atom is 0.0420 e. The Morgan fingerprint density at radius 3 is 3.38 bits per heavy atom. The van der Waals surface area contributed by atoms with E-state index in [1.165, 1.54) is 25.0 Å². The number of nitrogens with zero attached hydrogens (tertiary/aromatic N) is 2. The highest BCUT2D eigenvalue weighted by Crippen LogP contribution is 2.37. The van der Waals surface area contributed by atoms with Crippen LogP contribution in [0, 0.1) is 17.8 Å². The van der Waals surface area contributed by atoms with Crippen LogP contribution in [0.5, 0.6) is 0 Å². The summed E-state index contributed by atoms with van der Waals surface area (Å²) < 4.78 is 0. The Labute approximate surface area is 78.5 Å². The van der Waals surface area contributed by atoms with Crippen molar-refractivity contribution in [3.63, 3.8) is 0 Å². The van der Waals surface area contributed by atoms with E-state index >= 15 is 0 Å². The van der Waals surface area contributed by atoms with E-state index in [0.29, 0.717) is 5.92 Å². The van der Waals surface area contributed by atoms with Gasteiger partial charge in [0.2, 0.25) is 0 Å². The number of hydrogen-bond donors (Lipinski definition) is 0. The van der Waals surface area contributed by atoms with E-state index in [-0.39, 0.29) is 0 Å². The van der Waals surface area contributed by atoms with Crippen LogP contribution in [0.15, 0.2) is 22.3 Å². The van der Waals surface area contributed by atoms with Gasteiger partial charge < -0.3 is 0 Å². The molecule has 3 rings (SSSR count). The Balaban J connectivity index is 1.86. The van der Waals surface area contributed by atoms with Gasteiger partial charge in [-0.3, -0.25) is 9.98 Å². The van der Waals surface area contributed by atoms with E-state index in [0.717, 1.165) is 18.4 Å². The van der Waals surface area contributed by atoms with Crippen molar-refractivity contribution in [3.05, 3.63) is 12.3 Å². The Kier molecular flexibility index (Phi) is 1.61. The molecule has 1 aliphatic carbocycles. The summed E-state index contributed by atoms with van der Waals surface area (Å²) in [5.74, 6) is 2.28. The molecule has 1 saturated carbocycles. The van der Waals surface area contributed by atoms with Crippen molar-refractivity contribution in [1.82, 2.24) is 0 Å². The average molecular weight is 174 g/mol. The van der Waals surface area contributed by atoms with E-state index in [2.05, 4.69) is 22.3 Å². The smallest absolute Gasteiger partial charge is 0.0420 e.